The largest absolute Gasteiger partial charge is 0.335 e. The molecule has 2 fully saturated rings. The van der Waals surface area contributed by atoms with E-state index < -0.39 is 0 Å². The van der Waals surface area contributed by atoms with Crippen LogP contribution in [0.3, 0.4) is 0 Å². The average Bonchev–Trinajstić information content (AvgIpc) is 2.85. The van der Waals surface area contributed by atoms with Crippen LogP contribution in [0.1, 0.15) is 24.4 Å². The summed E-state index contributed by atoms with van der Waals surface area (Å²) in [5.74, 6) is 0. The van der Waals surface area contributed by atoms with E-state index in [-0.39, 0.29) is 6.04 Å². The van der Waals surface area contributed by atoms with Crippen molar-refractivity contribution in [1.29, 1.82) is 0 Å². The zero-order chi connectivity index (χ0) is 11.7. The molecule has 0 saturated carbocycles. The highest BCUT2D eigenvalue weighted by Gasteiger charge is 2.36. The van der Waals surface area contributed by atoms with E-state index in [1.807, 2.05) is 23.1 Å². The molecule has 3 nitrogen and oxygen atoms in total. The van der Waals surface area contributed by atoms with Crippen LogP contribution in [0, 0.1) is 0 Å². The second-order valence-corrected chi connectivity index (χ2v) is 5.02. The van der Waals surface area contributed by atoms with Gasteiger partial charge in [-0.1, -0.05) is 30.3 Å². The molecule has 1 aromatic rings. The van der Waals surface area contributed by atoms with E-state index in [9.17, 15) is 4.79 Å². The maximum Gasteiger partial charge on any atom is 0.210 e. The van der Waals surface area contributed by atoms with Gasteiger partial charge in [0.15, 0.2) is 0 Å². The van der Waals surface area contributed by atoms with Crippen LogP contribution in [0.2, 0.25) is 0 Å². The lowest BCUT2D eigenvalue weighted by Gasteiger charge is -2.42. The highest BCUT2D eigenvalue weighted by Crippen LogP contribution is 2.31. The molecule has 2 atom stereocenters. The third-order valence-electron chi connectivity index (χ3n) is 4.05. The van der Waals surface area contributed by atoms with Crippen LogP contribution in [0.4, 0.5) is 0 Å². The first-order valence-corrected chi connectivity index (χ1v) is 6.38. The Morgan fingerprint density at radius 3 is 2.76 bits per heavy atom. The Hall–Kier alpha value is -1.35. The molecular weight excluding hydrogens is 212 g/mol. The number of fused-ring (bicyclic) bond motifs is 1. The quantitative estimate of drug-likeness (QED) is 0.721. The number of carbonyl (C=O) groups is 1. The van der Waals surface area contributed by atoms with Gasteiger partial charge in [0.1, 0.15) is 0 Å². The van der Waals surface area contributed by atoms with Crippen LogP contribution >= 0.6 is 0 Å². The van der Waals surface area contributed by atoms with Gasteiger partial charge in [-0.2, -0.15) is 0 Å². The smallest absolute Gasteiger partial charge is 0.210 e. The Morgan fingerprint density at radius 2 is 2.00 bits per heavy atom. The van der Waals surface area contributed by atoms with Crippen LogP contribution in [0.25, 0.3) is 0 Å². The zero-order valence-corrected chi connectivity index (χ0v) is 9.96. The fraction of sp³-hybridized carbons (Fsp3) is 0.500. The van der Waals surface area contributed by atoms with Crippen molar-refractivity contribution in [2.24, 2.45) is 0 Å². The Bertz CT molecular complexity index is 392. The highest BCUT2D eigenvalue weighted by atomic mass is 16.1. The van der Waals surface area contributed by atoms with Crippen molar-refractivity contribution < 1.29 is 4.79 Å². The Kier molecular flexibility index (Phi) is 2.85. The minimum Gasteiger partial charge on any atom is -0.335 e. The molecule has 3 rings (SSSR count). The van der Waals surface area contributed by atoms with Gasteiger partial charge in [0.05, 0.1) is 6.04 Å². The molecule has 0 aromatic heterocycles. The number of hydrogen-bond acceptors (Lipinski definition) is 2. The number of amides is 1. The van der Waals surface area contributed by atoms with E-state index in [1.165, 1.54) is 24.9 Å². The van der Waals surface area contributed by atoms with Gasteiger partial charge >= 0.3 is 0 Å². The topological polar surface area (TPSA) is 23.6 Å². The number of benzene rings is 1. The summed E-state index contributed by atoms with van der Waals surface area (Å²) in [6.07, 6.45) is 3.54. The zero-order valence-electron chi connectivity index (χ0n) is 9.96. The average molecular weight is 230 g/mol. The van der Waals surface area contributed by atoms with Crippen LogP contribution in [-0.2, 0) is 4.79 Å². The van der Waals surface area contributed by atoms with Gasteiger partial charge in [-0.3, -0.25) is 9.69 Å². The van der Waals surface area contributed by atoms with Crippen LogP contribution in [-0.4, -0.2) is 41.9 Å². The minimum atomic E-state index is 0.239. The van der Waals surface area contributed by atoms with Crippen molar-refractivity contribution in [3.8, 4) is 0 Å². The Balaban J connectivity index is 1.85. The van der Waals surface area contributed by atoms with Gasteiger partial charge in [0.25, 0.3) is 0 Å². The number of rotatable bonds is 2. The van der Waals surface area contributed by atoms with Crippen LogP contribution < -0.4 is 0 Å². The lowest BCUT2D eigenvalue weighted by Crippen LogP contribution is -2.51. The molecule has 17 heavy (non-hydrogen) atoms. The predicted molar refractivity (Wildman–Crippen MR) is 66.5 cm³/mol. The maximum absolute atomic E-state index is 11.2. The predicted octanol–water partition coefficient (Wildman–Crippen LogP) is 1.66. The molecule has 0 spiro atoms. The molecule has 90 valence electrons. The van der Waals surface area contributed by atoms with Crippen LogP contribution in [0.15, 0.2) is 30.3 Å². The Labute approximate surface area is 102 Å². The van der Waals surface area contributed by atoms with Crippen molar-refractivity contribution in [2.45, 2.75) is 24.9 Å². The first kappa shape index (κ1) is 10.8. The Morgan fingerprint density at radius 1 is 1.18 bits per heavy atom. The molecule has 2 heterocycles. The molecule has 1 aromatic carbocycles. The van der Waals surface area contributed by atoms with E-state index in [0.29, 0.717) is 6.04 Å². The third kappa shape index (κ3) is 1.95. The fourth-order valence-electron chi connectivity index (χ4n) is 3.13. The second-order valence-electron chi connectivity index (χ2n) is 5.02. The monoisotopic (exact) mass is 230 g/mol. The van der Waals surface area contributed by atoms with Crippen molar-refractivity contribution in [1.82, 2.24) is 9.80 Å². The number of hydrogen-bond donors (Lipinski definition) is 0. The maximum atomic E-state index is 11.2. The molecule has 2 saturated heterocycles. The van der Waals surface area contributed by atoms with E-state index in [1.54, 1.807) is 0 Å². The summed E-state index contributed by atoms with van der Waals surface area (Å²) < 4.78 is 0. The summed E-state index contributed by atoms with van der Waals surface area (Å²) in [5.41, 5.74) is 1.25. The summed E-state index contributed by atoms with van der Waals surface area (Å²) in [5, 5.41) is 0. The molecule has 0 N–H and O–H groups in total. The molecule has 2 unspecified atom stereocenters. The first-order chi connectivity index (χ1) is 8.38. The first-order valence-electron chi connectivity index (χ1n) is 6.38. The third-order valence-corrected chi connectivity index (χ3v) is 4.05. The molecule has 2 aliphatic rings. The SMILES string of the molecule is O=CN1CC2CCCN2CC1c1ccccc1. The van der Waals surface area contributed by atoms with E-state index in [2.05, 4.69) is 17.0 Å². The number of piperazine rings is 1. The van der Waals surface area contributed by atoms with Crippen molar-refractivity contribution in [3.05, 3.63) is 35.9 Å². The van der Waals surface area contributed by atoms with E-state index in [0.717, 1.165) is 19.5 Å². The van der Waals surface area contributed by atoms with Gasteiger partial charge in [-0.25, -0.2) is 0 Å². The lowest BCUT2D eigenvalue weighted by atomic mass is 10.0. The van der Waals surface area contributed by atoms with Crippen molar-refractivity contribution >= 4 is 6.41 Å². The van der Waals surface area contributed by atoms with Gasteiger partial charge in [0.2, 0.25) is 6.41 Å². The van der Waals surface area contributed by atoms with Gasteiger partial charge in [0, 0.05) is 19.1 Å². The van der Waals surface area contributed by atoms with Gasteiger partial charge in [-0.15, -0.1) is 0 Å². The normalized spacial score (nSPS) is 29.1. The minimum absolute atomic E-state index is 0.239. The highest BCUT2D eigenvalue weighted by molar-refractivity contribution is 5.49. The van der Waals surface area contributed by atoms with Crippen molar-refractivity contribution in [2.75, 3.05) is 19.6 Å². The lowest BCUT2D eigenvalue weighted by molar-refractivity contribution is -0.123. The summed E-state index contributed by atoms with van der Waals surface area (Å²) in [6.45, 7) is 3.08. The standard InChI is InChI=1S/C14H18N2O/c17-11-16-9-13-7-4-8-15(13)10-14(16)12-5-2-1-3-6-12/h1-3,5-6,11,13-14H,4,7-10H2. The molecule has 1 amide bonds. The molecule has 3 heteroatoms. The fourth-order valence-corrected chi connectivity index (χ4v) is 3.13. The number of nitrogens with zero attached hydrogens (tertiary/aromatic N) is 2. The second kappa shape index (κ2) is 4.49. The molecule has 0 radical (unpaired) electrons. The summed E-state index contributed by atoms with van der Waals surface area (Å²) in [7, 11) is 0. The number of carbonyl (C=O) groups excluding carboxylic acids is 1. The van der Waals surface area contributed by atoms with Gasteiger partial charge < -0.3 is 4.90 Å². The van der Waals surface area contributed by atoms with E-state index in [4.69, 9.17) is 0 Å². The summed E-state index contributed by atoms with van der Waals surface area (Å²) in [4.78, 5) is 15.8. The van der Waals surface area contributed by atoms with Crippen LogP contribution in [0.5, 0.6) is 0 Å². The molecule has 0 bridgehead atoms. The molecular formula is C14H18N2O. The molecule has 2 aliphatic heterocycles. The van der Waals surface area contributed by atoms with Gasteiger partial charge in [-0.05, 0) is 24.9 Å². The van der Waals surface area contributed by atoms with Crippen molar-refractivity contribution in [3.63, 3.8) is 0 Å². The van der Waals surface area contributed by atoms with E-state index >= 15 is 0 Å². The molecule has 0 aliphatic carbocycles. The summed E-state index contributed by atoms with van der Waals surface area (Å²) in [6, 6.07) is 11.2. The summed E-state index contributed by atoms with van der Waals surface area (Å²) >= 11 is 0.